The molecule has 0 N–H and O–H groups in total. The minimum absolute atomic E-state index is 0.0406. The van der Waals surface area contributed by atoms with Crippen LogP contribution < -0.4 is 0 Å². The lowest BCUT2D eigenvalue weighted by Crippen LogP contribution is -1.95. The zero-order valence-corrected chi connectivity index (χ0v) is 8.45. The summed E-state index contributed by atoms with van der Waals surface area (Å²) in [6.45, 7) is 1.45. The highest BCUT2D eigenvalue weighted by atomic mass is 19.1. The Morgan fingerprint density at radius 2 is 2.25 bits per heavy atom. The molecule has 0 saturated heterocycles. The minimum Gasteiger partial charge on any atom is -0.258 e. The second kappa shape index (κ2) is 4.90. The minimum atomic E-state index is -0.617. The van der Waals surface area contributed by atoms with E-state index in [4.69, 9.17) is 5.26 Å². The summed E-state index contributed by atoms with van der Waals surface area (Å²) in [7, 11) is 0. The smallest absolute Gasteiger partial charge is 0.258 e. The van der Waals surface area contributed by atoms with Crippen LogP contribution in [0, 0.1) is 46.0 Å². The number of aryl methyl sites for hydroxylation is 1. The van der Waals surface area contributed by atoms with E-state index in [9.17, 15) is 14.5 Å². The standard InChI is InChI=1S/C11H7FN2O2/c1-8-6-10(12)9(4-2-3-5-13)7-11(8)14(15)16/h6-7H,3H2,1H3. The van der Waals surface area contributed by atoms with Gasteiger partial charge in [0.05, 0.1) is 23.0 Å². The molecule has 80 valence electrons. The van der Waals surface area contributed by atoms with E-state index in [0.717, 1.165) is 12.1 Å². The number of benzene rings is 1. The maximum absolute atomic E-state index is 13.3. The highest BCUT2D eigenvalue weighted by molar-refractivity contribution is 5.49. The number of nitriles is 1. The van der Waals surface area contributed by atoms with Crippen LogP contribution in [0.4, 0.5) is 10.1 Å². The van der Waals surface area contributed by atoms with E-state index in [1.807, 2.05) is 0 Å². The van der Waals surface area contributed by atoms with Gasteiger partial charge in [-0.1, -0.05) is 11.8 Å². The predicted molar refractivity (Wildman–Crippen MR) is 54.9 cm³/mol. The van der Waals surface area contributed by atoms with Crippen molar-refractivity contribution in [3.8, 4) is 17.9 Å². The van der Waals surface area contributed by atoms with E-state index >= 15 is 0 Å². The van der Waals surface area contributed by atoms with Crippen molar-refractivity contribution < 1.29 is 9.31 Å². The molecule has 5 heteroatoms. The van der Waals surface area contributed by atoms with E-state index in [2.05, 4.69) is 11.8 Å². The summed E-state index contributed by atoms with van der Waals surface area (Å²) in [5, 5.41) is 18.8. The Kier molecular flexibility index (Phi) is 3.58. The van der Waals surface area contributed by atoms with Crippen molar-refractivity contribution in [2.45, 2.75) is 13.3 Å². The van der Waals surface area contributed by atoms with Crippen molar-refractivity contribution in [2.75, 3.05) is 0 Å². The number of nitrogens with zero attached hydrogens (tertiary/aromatic N) is 2. The summed E-state index contributed by atoms with van der Waals surface area (Å²) in [6.07, 6.45) is -0.0406. The van der Waals surface area contributed by atoms with Crippen molar-refractivity contribution in [3.63, 3.8) is 0 Å². The molecule has 0 aliphatic rings. The number of nitro benzene ring substituents is 1. The third-order valence-corrected chi connectivity index (χ3v) is 1.87. The molecule has 4 nitrogen and oxygen atoms in total. The van der Waals surface area contributed by atoms with Gasteiger partial charge in [0.25, 0.3) is 5.69 Å². The maximum Gasteiger partial charge on any atom is 0.273 e. The van der Waals surface area contributed by atoms with Crippen LogP contribution in [0.25, 0.3) is 0 Å². The van der Waals surface area contributed by atoms with Crippen molar-refractivity contribution in [1.82, 2.24) is 0 Å². The molecule has 1 rings (SSSR count). The molecule has 0 aromatic heterocycles. The first-order valence-corrected chi connectivity index (χ1v) is 4.36. The first kappa shape index (κ1) is 11.7. The molecule has 0 atom stereocenters. The summed E-state index contributed by atoms with van der Waals surface area (Å²) >= 11 is 0. The topological polar surface area (TPSA) is 66.9 Å². The summed E-state index contributed by atoms with van der Waals surface area (Å²) < 4.78 is 13.3. The molecule has 0 fully saturated rings. The summed E-state index contributed by atoms with van der Waals surface area (Å²) in [6, 6.07) is 3.92. The first-order chi connectivity index (χ1) is 7.56. The molecule has 0 amide bonds. The predicted octanol–water partition coefficient (Wildman–Crippen LogP) is 2.31. The van der Waals surface area contributed by atoms with E-state index in [1.54, 1.807) is 6.07 Å². The lowest BCUT2D eigenvalue weighted by atomic mass is 10.1. The lowest BCUT2D eigenvalue weighted by Gasteiger charge is -1.99. The molecular weight excluding hydrogens is 211 g/mol. The second-order valence-electron chi connectivity index (χ2n) is 3.01. The highest BCUT2D eigenvalue weighted by Crippen LogP contribution is 2.21. The number of hydrogen-bond acceptors (Lipinski definition) is 3. The Balaban J connectivity index is 3.22. The molecule has 0 aliphatic heterocycles. The van der Waals surface area contributed by atoms with Gasteiger partial charge in [-0.3, -0.25) is 10.1 Å². The Morgan fingerprint density at radius 3 is 2.81 bits per heavy atom. The average molecular weight is 218 g/mol. The number of rotatable bonds is 1. The fraction of sp³-hybridized carbons (Fsp3) is 0.182. The lowest BCUT2D eigenvalue weighted by molar-refractivity contribution is -0.385. The van der Waals surface area contributed by atoms with Gasteiger partial charge in [0.1, 0.15) is 5.82 Å². The molecule has 0 bridgehead atoms. The van der Waals surface area contributed by atoms with Crippen LogP contribution in [0.1, 0.15) is 17.5 Å². The summed E-state index contributed by atoms with van der Waals surface area (Å²) in [4.78, 5) is 10.0. The van der Waals surface area contributed by atoms with Crippen LogP contribution in [0.2, 0.25) is 0 Å². The van der Waals surface area contributed by atoms with Crippen LogP contribution in [0.15, 0.2) is 12.1 Å². The van der Waals surface area contributed by atoms with Crippen LogP contribution in [-0.4, -0.2) is 4.92 Å². The van der Waals surface area contributed by atoms with E-state index in [0.29, 0.717) is 0 Å². The third-order valence-electron chi connectivity index (χ3n) is 1.87. The monoisotopic (exact) mass is 218 g/mol. The number of hydrogen-bond donors (Lipinski definition) is 0. The van der Waals surface area contributed by atoms with Crippen LogP contribution in [0.5, 0.6) is 0 Å². The number of nitro groups is 1. The molecule has 16 heavy (non-hydrogen) atoms. The second-order valence-corrected chi connectivity index (χ2v) is 3.01. The van der Waals surface area contributed by atoms with Crippen LogP contribution >= 0.6 is 0 Å². The zero-order chi connectivity index (χ0) is 12.1. The quantitative estimate of drug-likeness (QED) is 0.412. The Morgan fingerprint density at radius 1 is 1.56 bits per heavy atom. The zero-order valence-electron chi connectivity index (χ0n) is 8.45. The molecule has 0 aliphatic carbocycles. The Bertz CT molecular complexity index is 535. The molecule has 1 aromatic rings. The molecule has 1 aromatic carbocycles. The van der Waals surface area contributed by atoms with Gasteiger partial charge in [-0.05, 0) is 13.0 Å². The molecule has 0 spiro atoms. The van der Waals surface area contributed by atoms with Crippen molar-refractivity contribution >= 4 is 5.69 Å². The molecule has 0 saturated carbocycles. The Labute approximate surface area is 91.5 Å². The van der Waals surface area contributed by atoms with Gasteiger partial charge in [-0.25, -0.2) is 4.39 Å². The van der Waals surface area contributed by atoms with E-state index in [-0.39, 0.29) is 23.2 Å². The average Bonchev–Trinajstić information content (AvgIpc) is 2.21. The van der Waals surface area contributed by atoms with E-state index < -0.39 is 10.7 Å². The van der Waals surface area contributed by atoms with Crippen molar-refractivity contribution in [3.05, 3.63) is 39.2 Å². The van der Waals surface area contributed by atoms with Crippen molar-refractivity contribution in [2.24, 2.45) is 0 Å². The Hall–Kier alpha value is -2.40. The largest absolute Gasteiger partial charge is 0.273 e. The SMILES string of the molecule is Cc1cc(F)c(C#CCC#N)cc1[N+](=O)[O-]. The third kappa shape index (κ3) is 2.55. The van der Waals surface area contributed by atoms with Crippen LogP contribution in [0.3, 0.4) is 0 Å². The van der Waals surface area contributed by atoms with Crippen molar-refractivity contribution in [1.29, 1.82) is 5.26 Å². The molecule has 0 heterocycles. The summed E-state index contributed by atoms with van der Waals surface area (Å²) in [5.74, 6) is 4.17. The first-order valence-electron chi connectivity index (χ1n) is 4.36. The molecule has 0 unspecified atom stereocenters. The van der Waals surface area contributed by atoms with Gasteiger partial charge in [0, 0.05) is 11.6 Å². The molecule has 0 radical (unpaired) electrons. The van der Waals surface area contributed by atoms with Gasteiger partial charge < -0.3 is 0 Å². The maximum atomic E-state index is 13.3. The molecular formula is C11H7FN2O2. The van der Waals surface area contributed by atoms with Crippen LogP contribution in [-0.2, 0) is 0 Å². The summed E-state index contributed by atoms with van der Waals surface area (Å²) in [5.41, 5.74) is 0.00328. The fourth-order valence-electron chi connectivity index (χ4n) is 1.13. The van der Waals surface area contributed by atoms with Gasteiger partial charge in [-0.2, -0.15) is 5.26 Å². The number of halogens is 1. The van der Waals surface area contributed by atoms with Gasteiger partial charge >= 0.3 is 0 Å². The fourth-order valence-corrected chi connectivity index (χ4v) is 1.13. The highest BCUT2D eigenvalue weighted by Gasteiger charge is 2.14. The van der Waals surface area contributed by atoms with Gasteiger partial charge in [0.15, 0.2) is 0 Å². The van der Waals surface area contributed by atoms with Gasteiger partial charge in [0.2, 0.25) is 0 Å². The van der Waals surface area contributed by atoms with Gasteiger partial charge in [-0.15, -0.1) is 0 Å². The van der Waals surface area contributed by atoms with E-state index in [1.165, 1.54) is 6.92 Å². The normalized spacial score (nSPS) is 8.81.